The highest BCUT2D eigenvalue weighted by Crippen LogP contribution is 2.44. The van der Waals surface area contributed by atoms with Crippen molar-refractivity contribution >= 4 is 22.4 Å². The number of para-hydroxylation sites is 2. The molecule has 0 bridgehead atoms. The summed E-state index contributed by atoms with van der Waals surface area (Å²) in [6.45, 7) is 2.11. The topological polar surface area (TPSA) is 46.3 Å². The number of hydrogen-bond acceptors (Lipinski definition) is 4. The Balaban J connectivity index is 1.61. The van der Waals surface area contributed by atoms with Gasteiger partial charge in [-0.1, -0.05) is 95.7 Å². The predicted molar refractivity (Wildman–Crippen MR) is 132 cm³/mol. The number of benzene rings is 4. The molecule has 2 atom stereocenters. The minimum Gasteiger partial charge on any atom is -0.255 e. The average molecular weight is 430 g/mol. The molecule has 6 rings (SSSR count). The van der Waals surface area contributed by atoms with Crippen LogP contribution < -0.4 is 5.01 Å². The monoisotopic (exact) mass is 429 g/mol. The van der Waals surface area contributed by atoms with E-state index in [0.29, 0.717) is 0 Å². The lowest BCUT2D eigenvalue weighted by atomic mass is 9.92. The Hall–Kier alpha value is -4.25. The molecule has 0 radical (unpaired) electrons. The molecular weight excluding hydrogens is 406 g/mol. The molecule has 1 aliphatic heterocycles. The Morgan fingerprint density at radius 2 is 1.33 bits per heavy atom. The highest BCUT2D eigenvalue weighted by atomic mass is 15.5. The van der Waals surface area contributed by atoms with E-state index >= 15 is 0 Å². The second-order valence-corrected chi connectivity index (χ2v) is 8.35. The first-order chi connectivity index (χ1) is 16.3. The first-order valence-corrected chi connectivity index (χ1v) is 11.1. The maximum atomic E-state index is 5.21. The summed E-state index contributed by atoms with van der Waals surface area (Å²) in [6.07, 6.45) is 0. The fraction of sp³-hybridized carbons (Fsp3) is 0.107. The van der Waals surface area contributed by atoms with Crippen LogP contribution in [0.25, 0.3) is 11.0 Å². The number of aryl methyl sites for hydroxylation is 1. The van der Waals surface area contributed by atoms with Crippen LogP contribution in [0.5, 0.6) is 0 Å². The van der Waals surface area contributed by atoms with Crippen LogP contribution in [-0.4, -0.2) is 20.7 Å². The van der Waals surface area contributed by atoms with E-state index in [4.69, 9.17) is 5.10 Å². The zero-order valence-electron chi connectivity index (χ0n) is 18.3. The number of nitrogens with zero attached hydrogens (tertiary/aromatic N) is 5. The minimum atomic E-state index is -0.150. The third kappa shape index (κ3) is 3.38. The Morgan fingerprint density at radius 1 is 0.667 bits per heavy atom. The zero-order valence-corrected chi connectivity index (χ0v) is 18.3. The van der Waals surface area contributed by atoms with Crippen molar-refractivity contribution < 1.29 is 0 Å². The molecule has 5 heteroatoms. The number of rotatable bonds is 4. The molecule has 0 fully saturated rings. The maximum absolute atomic E-state index is 5.21. The van der Waals surface area contributed by atoms with Gasteiger partial charge in [-0.15, -0.1) is 5.10 Å². The van der Waals surface area contributed by atoms with Gasteiger partial charge in [0.05, 0.1) is 16.9 Å². The van der Waals surface area contributed by atoms with Gasteiger partial charge >= 0.3 is 0 Å². The zero-order chi connectivity index (χ0) is 22.2. The highest BCUT2D eigenvalue weighted by molar-refractivity contribution is 6.06. The van der Waals surface area contributed by atoms with E-state index in [-0.39, 0.29) is 12.1 Å². The van der Waals surface area contributed by atoms with Crippen LogP contribution in [0.15, 0.2) is 114 Å². The van der Waals surface area contributed by atoms with Gasteiger partial charge in [-0.25, -0.2) is 4.68 Å². The Bertz CT molecular complexity index is 1420. The molecule has 2 heterocycles. The molecular formula is C28H23N5. The first kappa shape index (κ1) is 19.4. The first-order valence-electron chi connectivity index (χ1n) is 11.1. The van der Waals surface area contributed by atoms with Gasteiger partial charge in [0, 0.05) is 5.56 Å². The Morgan fingerprint density at radius 3 is 2.09 bits per heavy atom. The van der Waals surface area contributed by atoms with Gasteiger partial charge in [0.15, 0.2) is 0 Å². The molecule has 5 nitrogen and oxygen atoms in total. The van der Waals surface area contributed by atoms with E-state index in [1.54, 1.807) is 0 Å². The summed E-state index contributed by atoms with van der Waals surface area (Å²) >= 11 is 0. The summed E-state index contributed by atoms with van der Waals surface area (Å²) in [6, 6.07) is 37.3. The van der Waals surface area contributed by atoms with Crippen molar-refractivity contribution in [2.75, 3.05) is 5.01 Å². The van der Waals surface area contributed by atoms with Crippen LogP contribution in [0, 0.1) is 6.92 Å². The third-order valence-corrected chi connectivity index (χ3v) is 6.21. The van der Waals surface area contributed by atoms with E-state index in [1.165, 1.54) is 11.1 Å². The number of anilines is 1. The lowest BCUT2D eigenvalue weighted by Crippen LogP contribution is -2.29. The number of aromatic nitrogens is 3. The smallest absolute Gasteiger partial charge is 0.125 e. The predicted octanol–water partition coefficient (Wildman–Crippen LogP) is 5.95. The van der Waals surface area contributed by atoms with Crippen molar-refractivity contribution in [1.29, 1.82) is 0 Å². The maximum Gasteiger partial charge on any atom is 0.125 e. The van der Waals surface area contributed by atoms with Crippen molar-refractivity contribution in [1.82, 2.24) is 15.0 Å². The van der Waals surface area contributed by atoms with Crippen molar-refractivity contribution in [2.45, 2.75) is 19.0 Å². The summed E-state index contributed by atoms with van der Waals surface area (Å²) in [7, 11) is 0. The molecule has 0 saturated heterocycles. The van der Waals surface area contributed by atoms with Crippen LogP contribution in [0.4, 0.5) is 5.69 Å². The fourth-order valence-electron chi connectivity index (χ4n) is 4.59. The van der Waals surface area contributed by atoms with Gasteiger partial charge in [-0.3, -0.25) is 5.01 Å². The summed E-state index contributed by atoms with van der Waals surface area (Å²) < 4.78 is 2.04. The average Bonchev–Trinajstić information content (AvgIpc) is 3.47. The SMILES string of the molecule is Cc1ccc([C@H]2[C@@H](n3nnc4ccccc43)C(c3ccccc3)=NN2c2ccccc2)cc1. The van der Waals surface area contributed by atoms with Crippen molar-refractivity contribution in [3.8, 4) is 0 Å². The molecule has 0 aliphatic carbocycles. The van der Waals surface area contributed by atoms with E-state index in [1.807, 2.05) is 35.0 Å². The number of hydrazone groups is 1. The Labute approximate surface area is 192 Å². The lowest BCUT2D eigenvalue weighted by molar-refractivity contribution is 0.485. The fourth-order valence-corrected chi connectivity index (χ4v) is 4.59. The molecule has 160 valence electrons. The van der Waals surface area contributed by atoms with Gasteiger partial charge < -0.3 is 0 Å². The highest BCUT2D eigenvalue weighted by Gasteiger charge is 2.42. The van der Waals surface area contributed by atoms with Gasteiger partial charge in [0.2, 0.25) is 0 Å². The quantitative estimate of drug-likeness (QED) is 0.355. The van der Waals surface area contributed by atoms with Crippen LogP contribution in [0.3, 0.4) is 0 Å². The second-order valence-electron chi connectivity index (χ2n) is 8.35. The van der Waals surface area contributed by atoms with Gasteiger partial charge in [-0.05, 0) is 36.8 Å². The molecule has 0 unspecified atom stereocenters. The van der Waals surface area contributed by atoms with E-state index in [0.717, 1.165) is 28.0 Å². The lowest BCUT2D eigenvalue weighted by Gasteiger charge is -2.29. The molecule has 0 spiro atoms. The van der Waals surface area contributed by atoms with Crippen LogP contribution in [0.2, 0.25) is 0 Å². The summed E-state index contributed by atoms with van der Waals surface area (Å²) in [4.78, 5) is 0. The molecule has 1 aliphatic rings. The van der Waals surface area contributed by atoms with Crippen molar-refractivity contribution in [2.24, 2.45) is 5.10 Å². The van der Waals surface area contributed by atoms with Gasteiger partial charge in [-0.2, -0.15) is 5.10 Å². The molecule has 5 aromatic rings. The largest absolute Gasteiger partial charge is 0.255 e. The van der Waals surface area contributed by atoms with Crippen LogP contribution in [0.1, 0.15) is 28.8 Å². The minimum absolute atomic E-state index is 0.0756. The van der Waals surface area contributed by atoms with E-state index in [9.17, 15) is 0 Å². The molecule has 0 saturated carbocycles. The Kier molecular flexibility index (Phi) is 4.73. The van der Waals surface area contributed by atoms with E-state index < -0.39 is 0 Å². The van der Waals surface area contributed by atoms with E-state index in [2.05, 4.69) is 101 Å². The van der Waals surface area contributed by atoms with Gasteiger partial charge in [0.25, 0.3) is 0 Å². The third-order valence-electron chi connectivity index (χ3n) is 6.21. The van der Waals surface area contributed by atoms with Crippen LogP contribution >= 0.6 is 0 Å². The number of hydrogen-bond donors (Lipinski definition) is 0. The standard InChI is InChI=1S/C28H23N5/c1-20-16-18-22(19-17-20)27-28(33-25-15-9-8-14-24(25)29-31-33)26(21-10-4-2-5-11-21)30-32(27)23-12-6-3-7-13-23/h2-19,27-28H,1H3/t27-,28-/m0/s1. The van der Waals surface area contributed by atoms with Crippen LogP contribution in [-0.2, 0) is 0 Å². The second kappa shape index (κ2) is 8.02. The summed E-state index contributed by atoms with van der Waals surface area (Å²) in [5.74, 6) is 0. The van der Waals surface area contributed by atoms with Crippen molar-refractivity contribution in [3.63, 3.8) is 0 Å². The molecule has 0 amide bonds. The van der Waals surface area contributed by atoms with Gasteiger partial charge in [0.1, 0.15) is 17.6 Å². The molecule has 1 aromatic heterocycles. The van der Waals surface area contributed by atoms with Crippen molar-refractivity contribution in [3.05, 3.63) is 126 Å². The normalized spacial score (nSPS) is 18.0. The summed E-state index contributed by atoms with van der Waals surface area (Å²) in [5, 5.41) is 16.5. The summed E-state index contributed by atoms with van der Waals surface area (Å²) in [5.41, 5.74) is 7.39. The number of fused-ring (bicyclic) bond motifs is 1. The molecule has 33 heavy (non-hydrogen) atoms. The molecule has 0 N–H and O–H groups in total. The molecule has 4 aromatic carbocycles.